The SMILES string of the molecule is COc1ccc(CCC(=O)Cc2ccc(-n3cc(CCN4CCOCC4)c4ccccc43)cc2)cn1. The van der Waals surface area contributed by atoms with Gasteiger partial charge in [-0.3, -0.25) is 9.69 Å². The van der Waals surface area contributed by atoms with Crippen molar-refractivity contribution in [2.24, 2.45) is 0 Å². The van der Waals surface area contributed by atoms with Crippen molar-refractivity contribution >= 4 is 16.7 Å². The molecule has 0 N–H and O–H groups in total. The molecule has 4 aromatic rings. The molecular formula is C30H33N3O3. The summed E-state index contributed by atoms with van der Waals surface area (Å²) in [6, 6.07) is 20.8. The second kappa shape index (κ2) is 11.5. The van der Waals surface area contributed by atoms with Crippen molar-refractivity contribution in [2.75, 3.05) is 40.0 Å². The number of pyridine rings is 1. The van der Waals surface area contributed by atoms with E-state index in [0.717, 1.165) is 56.1 Å². The lowest BCUT2D eigenvalue weighted by Crippen LogP contribution is -2.37. The number of aryl methyl sites for hydroxylation is 1. The zero-order valence-corrected chi connectivity index (χ0v) is 20.9. The maximum atomic E-state index is 12.6. The number of ketones is 1. The van der Waals surface area contributed by atoms with Crippen LogP contribution in [0.25, 0.3) is 16.6 Å². The van der Waals surface area contributed by atoms with Gasteiger partial charge in [-0.05, 0) is 47.7 Å². The molecule has 6 heteroatoms. The Morgan fingerprint density at radius 1 is 0.972 bits per heavy atom. The molecule has 2 aromatic carbocycles. The van der Waals surface area contributed by atoms with Crippen molar-refractivity contribution < 1.29 is 14.3 Å². The second-order valence-corrected chi connectivity index (χ2v) is 9.34. The van der Waals surface area contributed by atoms with E-state index in [1.54, 1.807) is 13.3 Å². The molecular weight excluding hydrogens is 450 g/mol. The summed E-state index contributed by atoms with van der Waals surface area (Å²) in [7, 11) is 1.60. The lowest BCUT2D eigenvalue weighted by Gasteiger charge is -2.26. The van der Waals surface area contributed by atoms with Crippen LogP contribution in [0.1, 0.15) is 23.1 Å². The number of ether oxygens (including phenoxy) is 2. The van der Waals surface area contributed by atoms with E-state index < -0.39 is 0 Å². The van der Waals surface area contributed by atoms with Gasteiger partial charge in [0.15, 0.2) is 0 Å². The first-order chi connectivity index (χ1) is 17.7. The van der Waals surface area contributed by atoms with E-state index in [1.807, 2.05) is 12.1 Å². The molecule has 0 radical (unpaired) electrons. The van der Waals surface area contributed by atoms with Crippen molar-refractivity contribution in [1.82, 2.24) is 14.5 Å². The van der Waals surface area contributed by atoms with Crippen LogP contribution in [0, 0.1) is 0 Å². The number of fused-ring (bicyclic) bond motifs is 1. The third-order valence-corrected chi connectivity index (χ3v) is 6.91. The smallest absolute Gasteiger partial charge is 0.212 e. The van der Waals surface area contributed by atoms with Gasteiger partial charge in [-0.1, -0.05) is 36.4 Å². The van der Waals surface area contributed by atoms with E-state index in [0.29, 0.717) is 25.1 Å². The van der Waals surface area contributed by atoms with Crippen LogP contribution in [0.5, 0.6) is 5.88 Å². The van der Waals surface area contributed by atoms with Crippen LogP contribution in [0.3, 0.4) is 0 Å². The summed E-state index contributed by atoms with van der Waals surface area (Å²) < 4.78 is 12.8. The van der Waals surface area contributed by atoms with E-state index in [4.69, 9.17) is 9.47 Å². The highest BCUT2D eigenvalue weighted by Crippen LogP contribution is 2.26. The van der Waals surface area contributed by atoms with Crippen LogP contribution in [0.2, 0.25) is 0 Å². The molecule has 1 aliphatic rings. The Bertz CT molecular complexity index is 1290. The van der Waals surface area contributed by atoms with Crippen molar-refractivity contribution in [3.05, 3.63) is 89.7 Å². The lowest BCUT2D eigenvalue weighted by molar-refractivity contribution is -0.118. The number of para-hydroxylation sites is 1. The lowest BCUT2D eigenvalue weighted by atomic mass is 10.0. The number of hydrogen-bond donors (Lipinski definition) is 0. The van der Waals surface area contributed by atoms with Gasteiger partial charge in [0.1, 0.15) is 5.78 Å². The van der Waals surface area contributed by atoms with Crippen molar-refractivity contribution in [3.8, 4) is 11.6 Å². The summed E-state index contributed by atoms with van der Waals surface area (Å²) in [6.07, 6.45) is 6.71. The van der Waals surface area contributed by atoms with Crippen LogP contribution < -0.4 is 4.74 Å². The Hall–Kier alpha value is -3.48. The summed E-state index contributed by atoms with van der Waals surface area (Å²) >= 11 is 0. The van der Waals surface area contributed by atoms with E-state index in [9.17, 15) is 4.79 Å². The first-order valence-corrected chi connectivity index (χ1v) is 12.7. The predicted octanol–water partition coefficient (Wildman–Crippen LogP) is 4.65. The van der Waals surface area contributed by atoms with Gasteiger partial charge in [-0.25, -0.2) is 4.98 Å². The van der Waals surface area contributed by atoms with E-state index in [-0.39, 0.29) is 5.78 Å². The molecule has 1 aliphatic heterocycles. The Kier molecular flexibility index (Phi) is 7.74. The second-order valence-electron chi connectivity index (χ2n) is 9.34. The Morgan fingerprint density at radius 3 is 2.50 bits per heavy atom. The average Bonchev–Trinajstić information content (AvgIpc) is 3.31. The van der Waals surface area contributed by atoms with Gasteiger partial charge >= 0.3 is 0 Å². The van der Waals surface area contributed by atoms with Gasteiger partial charge in [0, 0.05) is 62.0 Å². The number of Topliss-reactive ketones (excluding diaryl/α,β-unsaturated/α-hetero) is 1. The molecule has 6 nitrogen and oxygen atoms in total. The van der Waals surface area contributed by atoms with E-state index in [1.165, 1.54) is 16.5 Å². The number of morpholine rings is 1. The van der Waals surface area contributed by atoms with Crippen molar-refractivity contribution in [1.29, 1.82) is 0 Å². The minimum Gasteiger partial charge on any atom is -0.481 e. The molecule has 1 fully saturated rings. The number of rotatable bonds is 10. The quantitative estimate of drug-likeness (QED) is 0.329. The molecule has 0 aliphatic carbocycles. The molecule has 0 amide bonds. The Morgan fingerprint density at radius 2 is 1.75 bits per heavy atom. The van der Waals surface area contributed by atoms with Gasteiger partial charge in [0.25, 0.3) is 0 Å². The van der Waals surface area contributed by atoms with E-state index in [2.05, 4.69) is 69.2 Å². The highest BCUT2D eigenvalue weighted by molar-refractivity contribution is 5.86. The van der Waals surface area contributed by atoms with Crippen LogP contribution in [-0.4, -0.2) is 60.2 Å². The molecule has 0 saturated carbocycles. The first kappa shape index (κ1) is 24.2. The number of hydrogen-bond acceptors (Lipinski definition) is 5. The number of carbonyl (C=O) groups is 1. The minimum atomic E-state index is 0.232. The van der Waals surface area contributed by atoms with Crippen LogP contribution in [0.15, 0.2) is 73.1 Å². The number of aromatic nitrogens is 2. The van der Waals surface area contributed by atoms with Gasteiger partial charge in [-0.2, -0.15) is 0 Å². The fraction of sp³-hybridized carbons (Fsp3) is 0.333. The van der Waals surface area contributed by atoms with Crippen LogP contribution in [-0.2, 0) is 28.8 Å². The molecule has 2 aromatic heterocycles. The predicted molar refractivity (Wildman–Crippen MR) is 142 cm³/mol. The Balaban J connectivity index is 1.23. The van der Waals surface area contributed by atoms with Crippen molar-refractivity contribution in [2.45, 2.75) is 25.7 Å². The summed E-state index contributed by atoms with van der Waals surface area (Å²) in [6.45, 7) is 4.72. The van der Waals surface area contributed by atoms with Crippen LogP contribution in [0.4, 0.5) is 0 Å². The largest absolute Gasteiger partial charge is 0.481 e. The highest BCUT2D eigenvalue weighted by Gasteiger charge is 2.14. The summed E-state index contributed by atoms with van der Waals surface area (Å²) in [5.74, 6) is 0.820. The molecule has 0 atom stereocenters. The third kappa shape index (κ3) is 5.83. The molecule has 0 unspecified atom stereocenters. The monoisotopic (exact) mass is 483 g/mol. The zero-order valence-electron chi connectivity index (χ0n) is 20.9. The van der Waals surface area contributed by atoms with Crippen LogP contribution >= 0.6 is 0 Å². The molecule has 186 valence electrons. The summed E-state index contributed by atoms with van der Waals surface area (Å²) in [5.41, 5.74) is 5.78. The maximum absolute atomic E-state index is 12.6. The topological polar surface area (TPSA) is 56.6 Å². The number of methoxy groups -OCH3 is 1. The van der Waals surface area contributed by atoms with Gasteiger partial charge in [-0.15, -0.1) is 0 Å². The van der Waals surface area contributed by atoms with Gasteiger partial charge in [0.2, 0.25) is 5.88 Å². The van der Waals surface area contributed by atoms with Gasteiger partial charge in [0.05, 0.1) is 25.8 Å². The van der Waals surface area contributed by atoms with Gasteiger partial charge < -0.3 is 14.0 Å². The molecule has 5 rings (SSSR count). The molecule has 1 saturated heterocycles. The fourth-order valence-corrected chi connectivity index (χ4v) is 4.82. The molecule has 0 bridgehead atoms. The molecule has 3 heterocycles. The van der Waals surface area contributed by atoms with E-state index >= 15 is 0 Å². The maximum Gasteiger partial charge on any atom is 0.212 e. The fourth-order valence-electron chi connectivity index (χ4n) is 4.82. The number of nitrogens with zero attached hydrogens (tertiary/aromatic N) is 3. The third-order valence-electron chi connectivity index (χ3n) is 6.91. The number of benzene rings is 2. The zero-order chi connectivity index (χ0) is 24.7. The summed E-state index contributed by atoms with van der Waals surface area (Å²) in [4.78, 5) is 19.3. The Labute approximate surface area is 212 Å². The minimum absolute atomic E-state index is 0.232. The first-order valence-electron chi connectivity index (χ1n) is 12.7. The standard InChI is InChI=1S/C30H33N3O3/c1-35-30-13-9-24(21-31-30)8-12-27(34)20-23-6-10-26(11-7-23)33-22-25(28-4-2-3-5-29(28)33)14-15-32-16-18-36-19-17-32/h2-7,9-11,13,21-22H,8,12,14-20H2,1H3. The molecule has 0 spiro atoms. The molecule has 36 heavy (non-hydrogen) atoms. The highest BCUT2D eigenvalue weighted by atomic mass is 16.5. The number of carbonyl (C=O) groups excluding carboxylic acids is 1. The van der Waals surface area contributed by atoms with Crippen molar-refractivity contribution in [3.63, 3.8) is 0 Å². The summed E-state index contributed by atoms with van der Waals surface area (Å²) in [5, 5.41) is 1.30. The normalized spacial score (nSPS) is 14.2. The average molecular weight is 484 g/mol.